The lowest BCUT2D eigenvalue weighted by Crippen LogP contribution is -2.30. The molecule has 3 aliphatic rings. The summed E-state index contributed by atoms with van der Waals surface area (Å²) in [5, 5.41) is 3.52. The third-order valence-corrected chi connectivity index (χ3v) is 3.11. The summed E-state index contributed by atoms with van der Waals surface area (Å²) in [7, 11) is 0. The minimum absolute atomic E-state index is 0.614. The van der Waals surface area contributed by atoms with Crippen molar-refractivity contribution in [3.8, 4) is 11.3 Å². The van der Waals surface area contributed by atoms with Gasteiger partial charge in [0.05, 0.1) is 16.7 Å². The number of nitrogens with zero attached hydrogens (tertiary/aromatic N) is 1. The minimum atomic E-state index is 0.614. The summed E-state index contributed by atoms with van der Waals surface area (Å²) in [6.45, 7) is 0.614. The number of hydrazine groups is 1. The van der Waals surface area contributed by atoms with Gasteiger partial charge in [0.1, 0.15) is 6.67 Å². The monoisotopic (exact) mass is 210 g/mol. The van der Waals surface area contributed by atoms with Crippen LogP contribution in [-0.4, -0.2) is 11.7 Å². The van der Waals surface area contributed by atoms with Crippen LogP contribution in [0, 0.1) is 0 Å². The number of hydrogen-bond acceptors (Lipinski definition) is 3. The zero-order valence-electron chi connectivity index (χ0n) is 8.54. The molecule has 0 saturated heterocycles. The van der Waals surface area contributed by atoms with Crippen LogP contribution in [0.25, 0.3) is 22.0 Å². The highest BCUT2D eigenvalue weighted by Gasteiger charge is 2.20. The SMILES string of the molecule is c1cc2cc[nH]c3c4c(c(c1)c2-3)=NCNN4. The van der Waals surface area contributed by atoms with E-state index < -0.39 is 0 Å². The maximum atomic E-state index is 4.52. The third-order valence-electron chi connectivity index (χ3n) is 3.11. The molecule has 1 aliphatic carbocycles. The molecule has 3 N–H and O–H groups in total. The Morgan fingerprint density at radius 1 is 1.19 bits per heavy atom. The number of hydrogen-bond donors (Lipinski definition) is 3. The van der Waals surface area contributed by atoms with E-state index in [0.29, 0.717) is 6.67 Å². The van der Waals surface area contributed by atoms with Crippen molar-refractivity contribution < 1.29 is 0 Å². The van der Waals surface area contributed by atoms with Crippen LogP contribution < -0.4 is 16.2 Å². The number of anilines is 1. The smallest absolute Gasteiger partial charge is 0.106 e. The highest BCUT2D eigenvalue weighted by molar-refractivity contribution is 6.03. The van der Waals surface area contributed by atoms with E-state index in [1.165, 1.54) is 16.3 Å². The van der Waals surface area contributed by atoms with E-state index in [1.807, 2.05) is 6.20 Å². The number of H-pyrrole nitrogens is 1. The normalized spacial score (nSPS) is 14.8. The first-order valence-corrected chi connectivity index (χ1v) is 5.30. The summed E-state index contributed by atoms with van der Waals surface area (Å²) >= 11 is 0. The molecular formula is C12H10N4. The number of fused-ring (bicyclic) bond motifs is 3. The second-order valence-corrected chi connectivity index (χ2v) is 3.96. The van der Waals surface area contributed by atoms with Crippen LogP contribution in [0.2, 0.25) is 0 Å². The molecule has 0 bridgehead atoms. The van der Waals surface area contributed by atoms with Crippen LogP contribution in [0.1, 0.15) is 0 Å². The van der Waals surface area contributed by atoms with E-state index in [9.17, 15) is 0 Å². The molecule has 0 unspecified atom stereocenters. The number of rotatable bonds is 0. The molecule has 2 aliphatic heterocycles. The van der Waals surface area contributed by atoms with Crippen molar-refractivity contribution in [3.05, 3.63) is 35.8 Å². The molecule has 4 rings (SSSR count). The Labute approximate surface area is 91.7 Å². The quantitative estimate of drug-likeness (QED) is 0.526. The molecule has 1 aromatic carbocycles. The van der Waals surface area contributed by atoms with E-state index in [-0.39, 0.29) is 0 Å². The zero-order valence-corrected chi connectivity index (χ0v) is 8.54. The van der Waals surface area contributed by atoms with Gasteiger partial charge in [0.2, 0.25) is 0 Å². The van der Waals surface area contributed by atoms with Crippen molar-refractivity contribution >= 4 is 16.5 Å². The van der Waals surface area contributed by atoms with Crippen molar-refractivity contribution in [2.24, 2.45) is 4.99 Å². The average molecular weight is 210 g/mol. The molecule has 2 heterocycles. The predicted molar refractivity (Wildman–Crippen MR) is 63.3 cm³/mol. The fourth-order valence-corrected chi connectivity index (χ4v) is 2.46. The standard InChI is InChI=1S/C12H10N4/c1-2-7-4-5-13-11-9(7)8(3-1)10-12(11)16-15-6-14-10/h1-5,13,15-16H,6H2. The first-order chi connectivity index (χ1) is 7.95. The van der Waals surface area contributed by atoms with Gasteiger partial charge in [-0.2, -0.15) is 0 Å². The van der Waals surface area contributed by atoms with E-state index in [2.05, 4.69) is 45.1 Å². The largest absolute Gasteiger partial charge is 0.359 e. The molecule has 0 amide bonds. The summed E-state index contributed by atoms with van der Waals surface area (Å²) in [6, 6.07) is 8.42. The zero-order chi connectivity index (χ0) is 10.5. The Hall–Kier alpha value is -2.07. The van der Waals surface area contributed by atoms with Crippen LogP contribution >= 0.6 is 0 Å². The van der Waals surface area contributed by atoms with Gasteiger partial charge in [-0.25, -0.2) is 5.43 Å². The number of aromatic amines is 1. The van der Waals surface area contributed by atoms with Gasteiger partial charge in [0.25, 0.3) is 0 Å². The summed E-state index contributed by atoms with van der Waals surface area (Å²) in [6.07, 6.45) is 1.97. The molecule has 0 radical (unpaired) electrons. The van der Waals surface area contributed by atoms with Gasteiger partial charge in [0.15, 0.2) is 0 Å². The molecule has 1 aromatic rings. The molecular weight excluding hydrogens is 200 g/mol. The molecule has 4 heteroatoms. The van der Waals surface area contributed by atoms with Gasteiger partial charge >= 0.3 is 0 Å². The fraction of sp³-hybridized carbons (Fsp3) is 0.0833. The lowest BCUT2D eigenvalue weighted by atomic mass is 10.1. The predicted octanol–water partition coefficient (Wildman–Crippen LogP) is 1.50. The topological polar surface area (TPSA) is 52.2 Å². The van der Waals surface area contributed by atoms with Crippen molar-refractivity contribution in [1.29, 1.82) is 0 Å². The Morgan fingerprint density at radius 2 is 2.19 bits per heavy atom. The molecule has 0 fully saturated rings. The molecule has 4 nitrogen and oxygen atoms in total. The Kier molecular flexibility index (Phi) is 1.39. The summed E-state index contributed by atoms with van der Waals surface area (Å²) in [5.74, 6) is 0. The Bertz CT molecular complexity index is 697. The highest BCUT2D eigenvalue weighted by Crippen LogP contribution is 2.35. The van der Waals surface area contributed by atoms with Gasteiger partial charge in [-0.1, -0.05) is 18.2 Å². The fourth-order valence-electron chi connectivity index (χ4n) is 2.46. The molecule has 0 atom stereocenters. The van der Waals surface area contributed by atoms with Crippen LogP contribution in [0.15, 0.2) is 35.5 Å². The highest BCUT2D eigenvalue weighted by atomic mass is 15.4. The second-order valence-electron chi connectivity index (χ2n) is 3.96. The van der Waals surface area contributed by atoms with Crippen molar-refractivity contribution in [2.75, 3.05) is 12.1 Å². The maximum absolute atomic E-state index is 4.52. The van der Waals surface area contributed by atoms with Crippen molar-refractivity contribution in [2.45, 2.75) is 0 Å². The van der Waals surface area contributed by atoms with Crippen molar-refractivity contribution in [3.63, 3.8) is 0 Å². The lowest BCUT2D eigenvalue weighted by molar-refractivity contribution is 0.776. The van der Waals surface area contributed by atoms with Gasteiger partial charge in [-0.3, -0.25) is 4.99 Å². The summed E-state index contributed by atoms with van der Waals surface area (Å²) in [4.78, 5) is 7.81. The van der Waals surface area contributed by atoms with E-state index in [0.717, 1.165) is 16.7 Å². The second kappa shape index (κ2) is 2.74. The summed E-state index contributed by atoms with van der Waals surface area (Å²) in [5.41, 5.74) is 9.67. The van der Waals surface area contributed by atoms with Crippen LogP contribution in [0.3, 0.4) is 0 Å². The van der Waals surface area contributed by atoms with Gasteiger partial charge in [-0.05, 0) is 11.5 Å². The van der Waals surface area contributed by atoms with E-state index in [4.69, 9.17) is 0 Å². The first kappa shape index (κ1) is 8.13. The maximum Gasteiger partial charge on any atom is 0.106 e. The van der Waals surface area contributed by atoms with E-state index >= 15 is 0 Å². The van der Waals surface area contributed by atoms with Crippen LogP contribution in [-0.2, 0) is 0 Å². The number of nitrogens with one attached hydrogen (secondary N) is 3. The van der Waals surface area contributed by atoms with Gasteiger partial charge in [0, 0.05) is 17.1 Å². The Balaban J connectivity index is 2.33. The van der Waals surface area contributed by atoms with E-state index in [1.54, 1.807) is 0 Å². The molecule has 0 spiro atoms. The summed E-state index contributed by atoms with van der Waals surface area (Å²) < 4.78 is 0. The number of benzene rings is 1. The first-order valence-electron chi connectivity index (χ1n) is 5.30. The molecule has 78 valence electrons. The van der Waals surface area contributed by atoms with Gasteiger partial charge in [-0.15, -0.1) is 0 Å². The number of pyridine rings is 1. The van der Waals surface area contributed by atoms with Crippen LogP contribution in [0.5, 0.6) is 0 Å². The average Bonchev–Trinajstić information content (AvgIpc) is 2.68. The molecule has 0 aromatic heterocycles. The number of aromatic nitrogens is 1. The van der Waals surface area contributed by atoms with Crippen molar-refractivity contribution in [1.82, 2.24) is 10.4 Å². The van der Waals surface area contributed by atoms with Gasteiger partial charge < -0.3 is 10.4 Å². The Morgan fingerprint density at radius 3 is 3.19 bits per heavy atom. The minimum Gasteiger partial charge on any atom is -0.359 e. The lowest BCUT2D eigenvalue weighted by Gasteiger charge is -2.11. The molecule has 16 heavy (non-hydrogen) atoms. The third kappa shape index (κ3) is 0.851. The van der Waals surface area contributed by atoms with Crippen LogP contribution in [0.4, 0.5) is 5.69 Å². The molecule has 0 saturated carbocycles.